The van der Waals surface area contributed by atoms with E-state index in [1.54, 1.807) is 18.2 Å². The summed E-state index contributed by atoms with van der Waals surface area (Å²) >= 11 is 0. The summed E-state index contributed by atoms with van der Waals surface area (Å²) in [6, 6.07) is 5.03. The minimum absolute atomic E-state index is 0.123. The van der Waals surface area contributed by atoms with E-state index in [1.165, 1.54) is 0 Å². The molecule has 0 bridgehead atoms. The van der Waals surface area contributed by atoms with E-state index in [0.717, 1.165) is 11.8 Å². The Kier molecular flexibility index (Phi) is 4.25. The number of hydrogen-bond donors (Lipinski definition) is 2. The molecule has 0 atom stereocenters. The average Bonchev–Trinajstić information content (AvgIpc) is 2.26. The fourth-order valence-electron chi connectivity index (χ4n) is 1.27. The van der Waals surface area contributed by atoms with E-state index in [2.05, 4.69) is 4.89 Å². The molecule has 4 nitrogen and oxygen atoms in total. The summed E-state index contributed by atoms with van der Waals surface area (Å²) in [7, 11) is 0. The quantitative estimate of drug-likeness (QED) is 0.419. The molecule has 0 aliphatic rings. The lowest BCUT2D eigenvalue weighted by molar-refractivity contribution is -0.241. The van der Waals surface area contributed by atoms with Crippen LogP contribution in [0, 0.1) is 0 Å². The van der Waals surface area contributed by atoms with Crippen molar-refractivity contribution in [3.63, 3.8) is 0 Å². The summed E-state index contributed by atoms with van der Waals surface area (Å²) in [6.45, 7) is 0.0515. The Hall–Kier alpha value is -1.23. The van der Waals surface area contributed by atoms with Crippen molar-refractivity contribution < 1.29 is 20.0 Å². The fraction of sp³-hybridized carbons (Fsp3) is 0.300. The van der Waals surface area contributed by atoms with Crippen LogP contribution in [0.15, 0.2) is 18.2 Å². The number of benzene rings is 1. The van der Waals surface area contributed by atoms with Crippen LogP contribution in [-0.2, 0) is 17.9 Å². The van der Waals surface area contributed by atoms with Gasteiger partial charge in [0.15, 0.2) is 0 Å². The van der Waals surface area contributed by atoms with Crippen molar-refractivity contribution in [2.75, 3.05) is 6.61 Å². The maximum atomic E-state index is 10.5. The number of hydrogen-bond acceptors (Lipinski definition) is 4. The fourth-order valence-corrected chi connectivity index (χ4v) is 1.27. The van der Waals surface area contributed by atoms with Gasteiger partial charge < -0.3 is 5.11 Å². The zero-order valence-electron chi connectivity index (χ0n) is 7.64. The molecular formula is C10H12O4. The summed E-state index contributed by atoms with van der Waals surface area (Å²) in [5.74, 6) is 0. The normalized spacial score (nSPS) is 10.1. The molecular weight excluding hydrogens is 184 g/mol. The topological polar surface area (TPSA) is 66.8 Å². The predicted octanol–water partition coefficient (Wildman–Crippen LogP) is 1.02. The van der Waals surface area contributed by atoms with Crippen molar-refractivity contribution in [2.24, 2.45) is 0 Å². The van der Waals surface area contributed by atoms with Gasteiger partial charge in [0.25, 0.3) is 0 Å². The summed E-state index contributed by atoms with van der Waals surface area (Å²) in [4.78, 5) is 14.4. The Morgan fingerprint density at radius 3 is 2.71 bits per heavy atom. The molecule has 14 heavy (non-hydrogen) atoms. The molecule has 0 radical (unpaired) electrons. The van der Waals surface area contributed by atoms with Crippen molar-refractivity contribution in [3.05, 3.63) is 34.9 Å². The van der Waals surface area contributed by atoms with Crippen LogP contribution in [0.2, 0.25) is 0 Å². The Labute approximate surface area is 81.7 Å². The summed E-state index contributed by atoms with van der Waals surface area (Å²) in [6.07, 6.45) is 1.23. The Balaban J connectivity index is 2.87. The standard InChI is InChI=1S/C10H12O4/c11-6-8-1-2-9(3-4-14-13)10(5-8)7-12/h1-2,5-6,12-13H,3-4,7H2. The molecule has 0 saturated carbocycles. The van der Waals surface area contributed by atoms with Crippen LogP contribution in [0.3, 0.4) is 0 Å². The van der Waals surface area contributed by atoms with Crippen LogP contribution >= 0.6 is 0 Å². The maximum Gasteiger partial charge on any atom is 0.150 e. The highest BCUT2D eigenvalue weighted by Crippen LogP contribution is 2.12. The van der Waals surface area contributed by atoms with Crippen molar-refractivity contribution >= 4 is 6.29 Å². The van der Waals surface area contributed by atoms with E-state index in [4.69, 9.17) is 10.4 Å². The first-order valence-electron chi connectivity index (χ1n) is 4.26. The molecule has 0 unspecified atom stereocenters. The Morgan fingerprint density at radius 2 is 2.14 bits per heavy atom. The third-order valence-corrected chi connectivity index (χ3v) is 2.00. The zero-order valence-corrected chi connectivity index (χ0v) is 7.64. The SMILES string of the molecule is O=Cc1ccc(CCOO)c(CO)c1. The highest BCUT2D eigenvalue weighted by atomic mass is 17.1. The van der Waals surface area contributed by atoms with Gasteiger partial charge >= 0.3 is 0 Å². The number of rotatable bonds is 5. The molecule has 0 fully saturated rings. The first kappa shape index (κ1) is 10.8. The number of aldehydes is 1. The van der Waals surface area contributed by atoms with E-state index in [9.17, 15) is 4.79 Å². The van der Waals surface area contributed by atoms with E-state index < -0.39 is 0 Å². The maximum absolute atomic E-state index is 10.5. The van der Waals surface area contributed by atoms with Gasteiger partial charge in [0.2, 0.25) is 0 Å². The van der Waals surface area contributed by atoms with Crippen LogP contribution in [0.5, 0.6) is 0 Å². The second kappa shape index (κ2) is 5.49. The minimum atomic E-state index is -0.123. The molecule has 1 aromatic carbocycles. The predicted molar refractivity (Wildman–Crippen MR) is 50.0 cm³/mol. The second-order valence-corrected chi connectivity index (χ2v) is 2.89. The lowest BCUT2D eigenvalue weighted by atomic mass is 10.0. The third kappa shape index (κ3) is 2.63. The largest absolute Gasteiger partial charge is 0.392 e. The van der Waals surface area contributed by atoms with Crippen LogP contribution < -0.4 is 0 Å². The van der Waals surface area contributed by atoms with E-state index in [0.29, 0.717) is 17.5 Å². The van der Waals surface area contributed by atoms with Crippen LogP contribution in [0.4, 0.5) is 0 Å². The number of carbonyl (C=O) groups is 1. The molecule has 0 saturated heterocycles. The average molecular weight is 196 g/mol. The lowest BCUT2D eigenvalue weighted by Crippen LogP contribution is -2.00. The number of aliphatic hydroxyl groups is 1. The van der Waals surface area contributed by atoms with Crippen molar-refractivity contribution in [1.29, 1.82) is 0 Å². The summed E-state index contributed by atoms with van der Waals surface area (Å²) in [5, 5.41) is 17.2. The van der Waals surface area contributed by atoms with Gasteiger partial charge in [-0.05, 0) is 23.6 Å². The lowest BCUT2D eigenvalue weighted by Gasteiger charge is -2.06. The number of carbonyl (C=O) groups excluding carboxylic acids is 1. The van der Waals surface area contributed by atoms with Gasteiger partial charge in [-0.25, -0.2) is 4.89 Å². The van der Waals surface area contributed by atoms with Crippen molar-refractivity contribution in [1.82, 2.24) is 0 Å². The van der Waals surface area contributed by atoms with Gasteiger partial charge in [0.1, 0.15) is 6.29 Å². The molecule has 76 valence electrons. The third-order valence-electron chi connectivity index (χ3n) is 2.00. The van der Waals surface area contributed by atoms with Crippen molar-refractivity contribution in [3.8, 4) is 0 Å². The Morgan fingerprint density at radius 1 is 1.36 bits per heavy atom. The molecule has 2 N–H and O–H groups in total. The molecule has 0 aromatic heterocycles. The van der Waals surface area contributed by atoms with Gasteiger partial charge in [-0.3, -0.25) is 10.1 Å². The molecule has 0 heterocycles. The molecule has 1 rings (SSSR count). The zero-order chi connectivity index (χ0) is 10.4. The second-order valence-electron chi connectivity index (χ2n) is 2.89. The highest BCUT2D eigenvalue weighted by molar-refractivity contribution is 5.75. The molecule has 4 heteroatoms. The minimum Gasteiger partial charge on any atom is -0.392 e. The first-order valence-corrected chi connectivity index (χ1v) is 4.26. The molecule has 0 aliphatic heterocycles. The van der Waals surface area contributed by atoms with E-state index in [-0.39, 0.29) is 13.2 Å². The number of aliphatic hydroxyl groups excluding tert-OH is 1. The van der Waals surface area contributed by atoms with Crippen molar-refractivity contribution in [2.45, 2.75) is 13.0 Å². The highest BCUT2D eigenvalue weighted by Gasteiger charge is 2.02. The van der Waals surface area contributed by atoms with E-state index >= 15 is 0 Å². The van der Waals surface area contributed by atoms with Gasteiger partial charge in [0.05, 0.1) is 13.2 Å². The monoisotopic (exact) mass is 196 g/mol. The smallest absolute Gasteiger partial charge is 0.150 e. The van der Waals surface area contributed by atoms with Gasteiger partial charge in [0, 0.05) is 5.56 Å². The van der Waals surface area contributed by atoms with Crippen LogP contribution in [0.1, 0.15) is 21.5 Å². The summed E-state index contributed by atoms with van der Waals surface area (Å²) in [5.41, 5.74) is 2.08. The van der Waals surface area contributed by atoms with Gasteiger partial charge in [-0.1, -0.05) is 12.1 Å². The van der Waals surface area contributed by atoms with Gasteiger partial charge in [-0.15, -0.1) is 0 Å². The molecule has 1 aromatic rings. The first-order chi connectivity index (χ1) is 6.81. The van der Waals surface area contributed by atoms with Gasteiger partial charge in [-0.2, -0.15) is 0 Å². The van der Waals surface area contributed by atoms with Crippen LogP contribution in [0.25, 0.3) is 0 Å². The molecule has 0 aliphatic carbocycles. The Bertz CT molecular complexity index is 309. The van der Waals surface area contributed by atoms with E-state index in [1.807, 2.05) is 0 Å². The summed E-state index contributed by atoms with van der Waals surface area (Å²) < 4.78 is 0. The molecule has 0 spiro atoms. The van der Waals surface area contributed by atoms with Crippen LogP contribution in [-0.4, -0.2) is 23.3 Å². The molecule has 0 amide bonds.